The van der Waals surface area contributed by atoms with Gasteiger partial charge in [-0.05, 0) is 32.9 Å². The number of esters is 1. The lowest BCUT2D eigenvalue weighted by Gasteiger charge is -2.32. The summed E-state index contributed by atoms with van der Waals surface area (Å²) in [7, 11) is 0. The fourth-order valence-corrected chi connectivity index (χ4v) is 1.51. The first kappa shape index (κ1) is 19.3. The summed E-state index contributed by atoms with van der Waals surface area (Å²) in [6.07, 6.45) is -11.9. The summed E-state index contributed by atoms with van der Waals surface area (Å²) in [4.78, 5) is 11.6. The number of aliphatic hydroxyl groups is 1. The summed E-state index contributed by atoms with van der Waals surface area (Å²) in [5, 5.41) is 9.20. The molecular formula is C14H14F6O3. The molecule has 0 atom stereocenters. The minimum absolute atomic E-state index is 0.236. The highest BCUT2D eigenvalue weighted by Gasteiger charge is 2.71. The molecule has 0 saturated heterocycles. The molecule has 0 radical (unpaired) electrons. The van der Waals surface area contributed by atoms with E-state index in [1.54, 1.807) is 0 Å². The summed E-state index contributed by atoms with van der Waals surface area (Å²) in [6.45, 7) is 4.57. The van der Waals surface area contributed by atoms with Crippen LogP contribution in [0.25, 0.3) is 0 Å². The van der Waals surface area contributed by atoms with Crippen LogP contribution < -0.4 is 4.74 Å². The number of alkyl halides is 6. The van der Waals surface area contributed by atoms with Gasteiger partial charge in [-0.25, -0.2) is 0 Å². The third-order valence-corrected chi connectivity index (χ3v) is 2.92. The zero-order chi connectivity index (χ0) is 18.3. The van der Waals surface area contributed by atoms with E-state index >= 15 is 0 Å². The van der Waals surface area contributed by atoms with E-state index in [2.05, 4.69) is 0 Å². The molecule has 1 N–H and O–H groups in total. The van der Waals surface area contributed by atoms with Crippen molar-refractivity contribution < 1.29 is 41.0 Å². The lowest BCUT2D eigenvalue weighted by atomic mass is 9.92. The molecule has 0 amide bonds. The van der Waals surface area contributed by atoms with Gasteiger partial charge in [0.1, 0.15) is 5.75 Å². The maximum atomic E-state index is 12.7. The molecule has 1 aromatic rings. The molecule has 0 aliphatic rings. The van der Waals surface area contributed by atoms with E-state index in [-0.39, 0.29) is 5.75 Å². The summed E-state index contributed by atoms with van der Waals surface area (Å²) in [5.74, 6) is -0.951. The molecule has 130 valence electrons. The predicted octanol–water partition coefficient (Wildman–Crippen LogP) is 3.95. The summed E-state index contributed by atoms with van der Waals surface area (Å²) in [5.41, 5.74) is -7.34. The highest BCUT2D eigenvalue weighted by atomic mass is 19.4. The van der Waals surface area contributed by atoms with Crippen LogP contribution in [0.5, 0.6) is 5.75 Å². The molecule has 9 heteroatoms. The second-order valence-electron chi connectivity index (χ2n) is 5.87. The van der Waals surface area contributed by atoms with E-state index in [9.17, 15) is 36.2 Å². The molecule has 0 bridgehead atoms. The maximum Gasteiger partial charge on any atom is 0.430 e. The van der Waals surface area contributed by atoms with Gasteiger partial charge in [0.05, 0.1) is 5.41 Å². The average molecular weight is 344 g/mol. The van der Waals surface area contributed by atoms with Crippen molar-refractivity contribution in [1.29, 1.82) is 0 Å². The van der Waals surface area contributed by atoms with Gasteiger partial charge in [-0.3, -0.25) is 4.79 Å². The van der Waals surface area contributed by atoms with Crippen LogP contribution in [-0.2, 0) is 10.4 Å². The van der Waals surface area contributed by atoms with Gasteiger partial charge in [0.2, 0.25) is 0 Å². The van der Waals surface area contributed by atoms with Crippen LogP contribution in [0, 0.1) is 5.41 Å². The number of hydrogen-bond acceptors (Lipinski definition) is 3. The number of carbonyl (C=O) groups excluding carboxylic acids is 1. The summed E-state index contributed by atoms with van der Waals surface area (Å²) in [6, 6.07) is 2.32. The normalized spacial score (nSPS) is 13.8. The Balaban J connectivity index is 3.19. The fourth-order valence-electron chi connectivity index (χ4n) is 1.51. The Kier molecular flexibility index (Phi) is 4.78. The molecule has 0 aromatic heterocycles. The van der Waals surface area contributed by atoms with Crippen LogP contribution in [0.3, 0.4) is 0 Å². The van der Waals surface area contributed by atoms with E-state index in [0.717, 1.165) is 12.1 Å². The lowest BCUT2D eigenvalue weighted by Crippen LogP contribution is -2.53. The highest BCUT2D eigenvalue weighted by molar-refractivity contribution is 5.77. The molecule has 1 aromatic carbocycles. The van der Waals surface area contributed by atoms with E-state index in [4.69, 9.17) is 4.74 Å². The number of halogens is 6. The van der Waals surface area contributed by atoms with Gasteiger partial charge in [0, 0.05) is 5.56 Å². The van der Waals surface area contributed by atoms with E-state index in [0.29, 0.717) is 12.1 Å². The Morgan fingerprint density at radius 1 is 0.913 bits per heavy atom. The molecule has 0 aliphatic carbocycles. The van der Waals surface area contributed by atoms with Crippen molar-refractivity contribution in [2.75, 3.05) is 0 Å². The van der Waals surface area contributed by atoms with Crippen molar-refractivity contribution >= 4 is 5.97 Å². The maximum absolute atomic E-state index is 12.7. The van der Waals surface area contributed by atoms with Crippen molar-refractivity contribution in [1.82, 2.24) is 0 Å². The highest BCUT2D eigenvalue weighted by Crippen LogP contribution is 2.50. The predicted molar refractivity (Wildman–Crippen MR) is 67.5 cm³/mol. The van der Waals surface area contributed by atoms with Crippen LogP contribution in [-0.4, -0.2) is 23.4 Å². The monoisotopic (exact) mass is 344 g/mol. The zero-order valence-electron chi connectivity index (χ0n) is 12.3. The molecule has 23 heavy (non-hydrogen) atoms. The van der Waals surface area contributed by atoms with Crippen molar-refractivity contribution in [2.45, 2.75) is 38.7 Å². The number of carbonyl (C=O) groups is 1. The van der Waals surface area contributed by atoms with Crippen molar-refractivity contribution in [3.8, 4) is 5.75 Å². The molecular weight excluding hydrogens is 330 g/mol. The Morgan fingerprint density at radius 3 is 1.61 bits per heavy atom. The molecule has 0 spiro atoms. The minimum Gasteiger partial charge on any atom is -0.426 e. The first-order valence-corrected chi connectivity index (χ1v) is 6.29. The van der Waals surface area contributed by atoms with Gasteiger partial charge in [-0.1, -0.05) is 12.1 Å². The largest absolute Gasteiger partial charge is 0.430 e. The number of rotatable bonds is 2. The number of hydrogen-bond donors (Lipinski definition) is 1. The lowest BCUT2D eigenvalue weighted by molar-refractivity contribution is -0.376. The van der Waals surface area contributed by atoms with Crippen LogP contribution in [0.1, 0.15) is 26.3 Å². The smallest absolute Gasteiger partial charge is 0.426 e. The van der Waals surface area contributed by atoms with Crippen molar-refractivity contribution in [3.63, 3.8) is 0 Å². The first-order valence-electron chi connectivity index (χ1n) is 6.29. The minimum atomic E-state index is -5.96. The van der Waals surface area contributed by atoms with Gasteiger partial charge in [0.25, 0.3) is 5.60 Å². The Morgan fingerprint density at radius 2 is 1.30 bits per heavy atom. The van der Waals surface area contributed by atoms with Gasteiger partial charge >= 0.3 is 18.3 Å². The average Bonchev–Trinajstić information content (AvgIpc) is 2.34. The Labute approximate surface area is 127 Å². The van der Waals surface area contributed by atoms with Crippen LogP contribution in [0.2, 0.25) is 0 Å². The SMILES string of the molecule is CC(C)(C)C(=O)Oc1ccc(C(O)(C(F)(F)F)C(F)(F)F)cc1. The molecule has 1 rings (SSSR count). The molecule has 0 unspecified atom stereocenters. The third-order valence-electron chi connectivity index (χ3n) is 2.92. The fraction of sp³-hybridized carbons (Fsp3) is 0.500. The molecule has 0 aliphatic heterocycles. The number of ether oxygens (including phenoxy) is 1. The molecule has 0 heterocycles. The topological polar surface area (TPSA) is 46.5 Å². The van der Waals surface area contributed by atoms with E-state index in [1.165, 1.54) is 20.8 Å². The standard InChI is InChI=1S/C14H14F6O3/c1-11(2,3)10(21)23-9-6-4-8(5-7-9)12(22,13(15,16)17)14(18,19)20/h4-7,22H,1-3H3. The third kappa shape index (κ3) is 3.77. The second kappa shape index (κ2) is 5.70. The van der Waals surface area contributed by atoms with E-state index in [1.807, 2.05) is 0 Å². The summed E-state index contributed by atoms with van der Waals surface area (Å²) < 4.78 is 81.0. The van der Waals surface area contributed by atoms with Crippen molar-refractivity contribution in [3.05, 3.63) is 29.8 Å². The van der Waals surface area contributed by atoms with Gasteiger partial charge in [-0.2, -0.15) is 26.3 Å². The van der Waals surface area contributed by atoms with Crippen LogP contribution >= 0.6 is 0 Å². The van der Waals surface area contributed by atoms with Gasteiger partial charge < -0.3 is 9.84 Å². The second-order valence-corrected chi connectivity index (χ2v) is 5.87. The van der Waals surface area contributed by atoms with Gasteiger partial charge in [-0.15, -0.1) is 0 Å². The van der Waals surface area contributed by atoms with Crippen LogP contribution in [0.4, 0.5) is 26.3 Å². The van der Waals surface area contributed by atoms with Gasteiger partial charge in [0.15, 0.2) is 0 Å². The quantitative estimate of drug-likeness (QED) is 0.502. The van der Waals surface area contributed by atoms with Crippen LogP contribution in [0.15, 0.2) is 24.3 Å². The zero-order valence-corrected chi connectivity index (χ0v) is 12.3. The number of benzene rings is 1. The Hall–Kier alpha value is -1.77. The van der Waals surface area contributed by atoms with Crippen molar-refractivity contribution in [2.24, 2.45) is 5.41 Å². The summed E-state index contributed by atoms with van der Waals surface area (Å²) >= 11 is 0. The molecule has 3 nitrogen and oxygen atoms in total. The molecule has 0 fully saturated rings. The molecule has 0 saturated carbocycles. The Bertz CT molecular complexity index is 552. The van der Waals surface area contributed by atoms with E-state index < -0.39 is 34.9 Å². The first-order chi connectivity index (χ1) is 10.1.